The van der Waals surface area contributed by atoms with Gasteiger partial charge < -0.3 is 16.6 Å². The van der Waals surface area contributed by atoms with Gasteiger partial charge in [-0.1, -0.05) is 60.7 Å². The molecule has 1 atom stereocenters. The van der Waals surface area contributed by atoms with E-state index in [-0.39, 0.29) is 12.8 Å². The molecular weight excluding hydrogens is 298 g/mol. The Labute approximate surface area is 134 Å². The molecule has 5 heteroatoms. The van der Waals surface area contributed by atoms with E-state index < -0.39 is 24.1 Å². The maximum absolute atomic E-state index is 14.3. The summed E-state index contributed by atoms with van der Waals surface area (Å²) in [5.74, 6) is -3.37. The Morgan fingerprint density at radius 3 is 1.87 bits per heavy atom. The van der Waals surface area contributed by atoms with Gasteiger partial charge in [-0.15, -0.1) is 0 Å². The molecule has 0 spiro atoms. The van der Waals surface area contributed by atoms with Crippen molar-refractivity contribution >= 4 is 0 Å². The van der Waals surface area contributed by atoms with Crippen molar-refractivity contribution in [3.63, 3.8) is 0 Å². The molecule has 5 N–H and O–H groups in total. The van der Waals surface area contributed by atoms with Crippen LogP contribution in [0.15, 0.2) is 60.7 Å². The lowest BCUT2D eigenvalue weighted by Crippen LogP contribution is -2.66. The standard InChI is InChI=1S/C18H22F2N2O/c19-17(20,12-11-14-7-3-1-4-8-14)16(23)18(21,22)13-15-9-5-2-6-10-15/h1-10,16,23H,11-13,21-22H2/t16-/m1/s1. The summed E-state index contributed by atoms with van der Waals surface area (Å²) in [5, 5.41) is 10.0. The van der Waals surface area contributed by atoms with Crippen molar-refractivity contribution in [1.29, 1.82) is 0 Å². The lowest BCUT2D eigenvalue weighted by atomic mass is 9.89. The van der Waals surface area contributed by atoms with Gasteiger partial charge in [0, 0.05) is 12.8 Å². The fraction of sp³-hybridized carbons (Fsp3) is 0.333. The Morgan fingerprint density at radius 1 is 0.870 bits per heavy atom. The second-order valence-corrected chi connectivity index (χ2v) is 5.92. The molecule has 0 fully saturated rings. The van der Waals surface area contributed by atoms with Crippen LogP contribution in [0.1, 0.15) is 17.5 Å². The summed E-state index contributed by atoms with van der Waals surface area (Å²) >= 11 is 0. The summed E-state index contributed by atoms with van der Waals surface area (Å²) in [6.45, 7) is 0. The molecule has 0 aliphatic heterocycles. The highest BCUT2D eigenvalue weighted by molar-refractivity contribution is 5.19. The molecule has 0 aromatic heterocycles. The van der Waals surface area contributed by atoms with Gasteiger partial charge >= 0.3 is 0 Å². The van der Waals surface area contributed by atoms with Gasteiger partial charge in [0.1, 0.15) is 11.8 Å². The first kappa shape index (κ1) is 17.5. The summed E-state index contributed by atoms with van der Waals surface area (Å²) < 4.78 is 28.6. The van der Waals surface area contributed by atoms with Crippen LogP contribution < -0.4 is 11.5 Å². The minimum absolute atomic E-state index is 0.0318. The summed E-state index contributed by atoms with van der Waals surface area (Å²) in [6, 6.07) is 17.8. The molecule has 0 saturated heterocycles. The van der Waals surface area contributed by atoms with Crippen molar-refractivity contribution in [1.82, 2.24) is 0 Å². The first-order valence-corrected chi connectivity index (χ1v) is 7.53. The Balaban J connectivity index is 2.02. The Bertz CT molecular complexity index is 603. The molecule has 0 aliphatic rings. The number of nitrogens with two attached hydrogens (primary N) is 2. The largest absolute Gasteiger partial charge is 0.383 e. The zero-order valence-corrected chi connectivity index (χ0v) is 12.8. The zero-order chi connectivity index (χ0) is 16.9. The predicted molar refractivity (Wildman–Crippen MR) is 87.0 cm³/mol. The average molecular weight is 320 g/mol. The van der Waals surface area contributed by atoms with Gasteiger partial charge in [-0.2, -0.15) is 0 Å². The van der Waals surface area contributed by atoms with E-state index in [1.165, 1.54) is 0 Å². The summed E-state index contributed by atoms with van der Waals surface area (Å²) in [4.78, 5) is 0. The van der Waals surface area contributed by atoms with Crippen LogP contribution in [0.3, 0.4) is 0 Å². The van der Waals surface area contributed by atoms with E-state index in [9.17, 15) is 13.9 Å². The predicted octanol–water partition coefficient (Wildman–Crippen LogP) is 2.47. The number of rotatable bonds is 7. The van der Waals surface area contributed by atoms with E-state index in [0.29, 0.717) is 5.56 Å². The third-order valence-electron chi connectivity index (χ3n) is 3.85. The fourth-order valence-corrected chi connectivity index (χ4v) is 2.53. The van der Waals surface area contributed by atoms with E-state index in [1.54, 1.807) is 48.5 Å². The molecule has 0 amide bonds. The SMILES string of the molecule is NC(N)(Cc1ccccc1)[C@H](O)C(F)(F)CCc1ccccc1. The summed E-state index contributed by atoms with van der Waals surface area (Å²) in [5.41, 5.74) is 11.2. The Kier molecular flexibility index (Phi) is 5.46. The molecule has 0 saturated carbocycles. The lowest BCUT2D eigenvalue weighted by molar-refractivity contribution is -0.141. The third-order valence-corrected chi connectivity index (χ3v) is 3.85. The van der Waals surface area contributed by atoms with Gasteiger partial charge in [0.25, 0.3) is 5.92 Å². The van der Waals surface area contributed by atoms with Crippen molar-refractivity contribution in [2.45, 2.75) is 37.0 Å². The van der Waals surface area contributed by atoms with Crippen molar-refractivity contribution in [3.05, 3.63) is 71.8 Å². The molecule has 2 aromatic rings. The molecule has 0 bridgehead atoms. The number of hydrogen-bond acceptors (Lipinski definition) is 3. The number of alkyl halides is 2. The minimum Gasteiger partial charge on any atom is -0.383 e. The van der Waals surface area contributed by atoms with E-state index >= 15 is 0 Å². The van der Waals surface area contributed by atoms with Crippen LogP contribution in [0.5, 0.6) is 0 Å². The van der Waals surface area contributed by atoms with Crippen LogP contribution in [0.25, 0.3) is 0 Å². The van der Waals surface area contributed by atoms with Gasteiger partial charge in [0.15, 0.2) is 0 Å². The van der Waals surface area contributed by atoms with E-state index in [4.69, 9.17) is 11.5 Å². The normalized spacial score (nSPS) is 13.8. The molecule has 0 radical (unpaired) electrons. The second kappa shape index (κ2) is 7.17. The van der Waals surface area contributed by atoms with Crippen LogP contribution in [-0.4, -0.2) is 22.8 Å². The van der Waals surface area contributed by atoms with E-state index in [2.05, 4.69) is 0 Å². The highest BCUT2D eigenvalue weighted by atomic mass is 19.3. The first-order valence-electron chi connectivity index (χ1n) is 7.53. The molecule has 3 nitrogen and oxygen atoms in total. The molecule has 0 heterocycles. The lowest BCUT2D eigenvalue weighted by Gasteiger charge is -2.35. The van der Waals surface area contributed by atoms with E-state index in [0.717, 1.165) is 5.56 Å². The third kappa shape index (κ3) is 4.82. The number of halogens is 2. The molecular formula is C18H22F2N2O. The number of aliphatic hydroxyl groups excluding tert-OH is 1. The fourth-order valence-electron chi connectivity index (χ4n) is 2.53. The number of benzene rings is 2. The Morgan fingerprint density at radius 2 is 1.35 bits per heavy atom. The van der Waals surface area contributed by atoms with Gasteiger partial charge in [0.05, 0.1) is 0 Å². The number of aliphatic hydroxyl groups is 1. The quantitative estimate of drug-likeness (QED) is 0.686. The average Bonchev–Trinajstić information content (AvgIpc) is 2.54. The Hall–Kier alpha value is -1.82. The second-order valence-electron chi connectivity index (χ2n) is 5.92. The van der Waals surface area contributed by atoms with Crippen molar-refractivity contribution in [3.8, 4) is 0 Å². The smallest absolute Gasteiger partial charge is 0.276 e. The maximum Gasteiger partial charge on any atom is 0.276 e. The van der Waals surface area contributed by atoms with Crippen LogP contribution >= 0.6 is 0 Å². The zero-order valence-electron chi connectivity index (χ0n) is 12.8. The monoisotopic (exact) mass is 320 g/mol. The molecule has 23 heavy (non-hydrogen) atoms. The van der Waals surface area contributed by atoms with Gasteiger partial charge in [-0.05, 0) is 17.5 Å². The van der Waals surface area contributed by atoms with E-state index in [1.807, 2.05) is 12.1 Å². The van der Waals surface area contributed by atoms with Gasteiger partial charge in [-0.25, -0.2) is 8.78 Å². The first-order chi connectivity index (χ1) is 10.8. The molecule has 2 aromatic carbocycles. The summed E-state index contributed by atoms with van der Waals surface area (Å²) in [6.07, 6.45) is -2.52. The summed E-state index contributed by atoms with van der Waals surface area (Å²) in [7, 11) is 0. The molecule has 2 rings (SSSR count). The highest BCUT2D eigenvalue weighted by Crippen LogP contribution is 2.30. The van der Waals surface area contributed by atoms with Crippen LogP contribution in [0.2, 0.25) is 0 Å². The van der Waals surface area contributed by atoms with Crippen molar-refractivity contribution in [2.24, 2.45) is 11.5 Å². The van der Waals surface area contributed by atoms with Crippen molar-refractivity contribution in [2.75, 3.05) is 0 Å². The topological polar surface area (TPSA) is 72.3 Å². The van der Waals surface area contributed by atoms with Crippen LogP contribution in [0.4, 0.5) is 8.78 Å². The van der Waals surface area contributed by atoms with Crippen LogP contribution in [-0.2, 0) is 12.8 Å². The molecule has 124 valence electrons. The highest BCUT2D eigenvalue weighted by Gasteiger charge is 2.47. The van der Waals surface area contributed by atoms with Crippen molar-refractivity contribution < 1.29 is 13.9 Å². The van der Waals surface area contributed by atoms with Crippen LogP contribution in [0, 0.1) is 0 Å². The number of hydrogen-bond donors (Lipinski definition) is 3. The minimum atomic E-state index is -3.37. The number of aryl methyl sites for hydroxylation is 1. The maximum atomic E-state index is 14.3. The molecule has 0 aliphatic carbocycles. The van der Waals surface area contributed by atoms with Gasteiger partial charge in [-0.3, -0.25) is 0 Å². The van der Waals surface area contributed by atoms with Gasteiger partial charge in [0.2, 0.25) is 0 Å². The molecule has 0 unspecified atom stereocenters.